The standard InChI is InChI=1S/C23H20ClF4N5O/c1-4-34-19-14(12(3)22-32-20(24)18-21(29)30-7-8-33(18)22)9-11(2)17(25)16(19)13-5-6-15(31-10-13)23(26,27)28/h5-10,12H,4H2,1-3H3,(H2,29,30). The van der Waals surface area contributed by atoms with E-state index < -0.39 is 23.6 Å². The maximum Gasteiger partial charge on any atom is 0.433 e. The molecule has 6 nitrogen and oxygen atoms in total. The molecule has 0 fully saturated rings. The van der Waals surface area contributed by atoms with Gasteiger partial charge in [-0.1, -0.05) is 24.6 Å². The smallest absolute Gasteiger partial charge is 0.433 e. The number of nitrogens with two attached hydrogens (primary N) is 1. The predicted molar refractivity (Wildman–Crippen MR) is 120 cm³/mol. The lowest BCUT2D eigenvalue weighted by molar-refractivity contribution is -0.141. The third-order valence-corrected chi connectivity index (χ3v) is 5.74. The van der Waals surface area contributed by atoms with E-state index in [-0.39, 0.29) is 40.0 Å². The molecule has 0 bridgehead atoms. The van der Waals surface area contributed by atoms with E-state index in [4.69, 9.17) is 22.1 Å². The third-order valence-electron chi connectivity index (χ3n) is 5.48. The summed E-state index contributed by atoms with van der Waals surface area (Å²) < 4.78 is 61.9. The van der Waals surface area contributed by atoms with Gasteiger partial charge in [-0.15, -0.1) is 0 Å². The second-order valence-electron chi connectivity index (χ2n) is 7.68. The van der Waals surface area contributed by atoms with E-state index in [9.17, 15) is 13.2 Å². The molecule has 1 unspecified atom stereocenters. The number of hydrogen-bond donors (Lipinski definition) is 1. The minimum atomic E-state index is -4.61. The van der Waals surface area contributed by atoms with Crippen LogP contribution in [0.1, 0.15) is 42.4 Å². The van der Waals surface area contributed by atoms with Crippen LogP contribution in [0.2, 0.25) is 5.15 Å². The second kappa shape index (κ2) is 8.75. The van der Waals surface area contributed by atoms with E-state index >= 15 is 4.39 Å². The fraction of sp³-hybridized carbons (Fsp3) is 0.261. The zero-order valence-electron chi connectivity index (χ0n) is 18.4. The number of aromatic nitrogens is 4. The van der Waals surface area contributed by atoms with Crippen LogP contribution in [-0.2, 0) is 6.18 Å². The van der Waals surface area contributed by atoms with Gasteiger partial charge in [-0.2, -0.15) is 13.2 Å². The number of aryl methyl sites for hydroxylation is 1. The highest BCUT2D eigenvalue weighted by Gasteiger charge is 2.33. The van der Waals surface area contributed by atoms with Crippen LogP contribution < -0.4 is 10.5 Å². The first kappa shape index (κ1) is 23.7. The first-order valence-electron chi connectivity index (χ1n) is 10.3. The fourth-order valence-corrected chi connectivity index (χ4v) is 4.15. The van der Waals surface area contributed by atoms with Crippen LogP contribution in [0.25, 0.3) is 16.6 Å². The molecule has 0 spiro atoms. The van der Waals surface area contributed by atoms with E-state index in [1.54, 1.807) is 30.5 Å². The summed E-state index contributed by atoms with van der Waals surface area (Å²) in [6.07, 6.45) is -0.446. The highest BCUT2D eigenvalue weighted by atomic mass is 35.5. The Kier molecular flexibility index (Phi) is 6.11. The number of nitrogens with zero attached hydrogens (tertiary/aromatic N) is 4. The van der Waals surface area contributed by atoms with E-state index in [1.807, 2.05) is 6.92 Å². The van der Waals surface area contributed by atoms with Crippen LogP contribution in [0.5, 0.6) is 5.75 Å². The Morgan fingerprint density at radius 3 is 2.59 bits per heavy atom. The van der Waals surface area contributed by atoms with Crippen molar-refractivity contribution in [2.24, 2.45) is 0 Å². The number of benzene rings is 1. The highest BCUT2D eigenvalue weighted by Crippen LogP contribution is 2.43. The van der Waals surface area contributed by atoms with Crippen LogP contribution in [0.4, 0.5) is 23.4 Å². The molecule has 178 valence electrons. The minimum Gasteiger partial charge on any atom is -0.493 e. The molecule has 3 heterocycles. The molecule has 0 amide bonds. The molecule has 2 N–H and O–H groups in total. The summed E-state index contributed by atoms with van der Waals surface area (Å²) in [5, 5.41) is 0.163. The minimum absolute atomic E-state index is 0.0260. The number of halogens is 5. The summed E-state index contributed by atoms with van der Waals surface area (Å²) >= 11 is 6.31. The van der Waals surface area contributed by atoms with Gasteiger partial charge in [0.05, 0.1) is 12.2 Å². The molecule has 0 saturated heterocycles. The lowest BCUT2D eigenvalue weighted by Gasteiger charge is -2.21. The Balaban J connectivity index is 1.93. The topological polar surface area (TPSA) is 78.3 Å². The number of pyridine rings is 1. The van der Waals surface area contributed by atoms with Gasteiger partial charge in [-0.25, -0.2) is 14.4 Å². The Labute approximate surface area is 197 Å². The molecule has 4 aromatic rings. The van der Waals surface area contributed by atoms with Crippen molar-refractivity contribution in [3.63, 3.8) is 0 Å². The fourth-order valence-electron chi connectivity index (χ4n) is 3.88. The van der Waals surface area contributed by atoms with Crippen LogP contribution in [0.15, 0.2) is 36.8 Å². The van der Waals surface area contributed by atoms with Gasteiger partial charge in [-0.3, -0.25) is 9.38 Å². The molecule has 0 aliphatic carbocycles. The maximum atomic E-state index is 15.4. The quantitative estimate of drug-likeness (QED) is 0.343. The Morgan fingerprint density at radius 2 is 1.97 bits per heavy atom. The van der Waals surface area contributed by atoms with Gasteiger partial charge < -0.3 is 10.5 Å². The Bertz CT molecular complexity index is 1370. The van der Waals surface area contributed by atoms with Crippen LogP contribution in [0, 0.1) is 12.7 Å². The van der Waals surface area contributed by atoms with E-state index in [0.29, 0.717) is 16.9 Å². The van der Waals surface area contributed by atoms with Crippen molar-refractivity contribution >= 4 is 22.9 Å². The molecular weight excluding hydrogens is 474 g/mol. The van der Waals surface area contributed by atoms with Crippen molar-refractivity contribution in [3.05, 3.63) is 70.4 Å². The van der Waals surface area contributed by atoms with Crippen molar-refractivity contribution in [1.29, 1.82) is 0 Å². The highest BCUT2D eigenvalue weighted by molar-refractivity contribution is 6.33. The Hall–Kier alpha value is -3.40. The maximum absolute atomic E-state index is 15.4. The van der Waals surface area contributed by atoms with E-state index in [1.165, 1.54) is 12.3 Å². The number of nitrogen functional groups attached to an aromatic ring is 1. The molecule has 0 radical (unpaired) electrons. The lowest BCUT2D eigenvalue weighted by atomic mass is 9.91. The zero-order valence-corrected chi connectivity index (χ0v) is 19.2. The molecule has 0 aliphatic rings. The average molecular weight is 494 g/mol. The first-order chi connectivity index (χ1) is 16.0. The molecule has 11 heteroatoms. The molecule has 1 atom stereocenters. The van der Waals surface area contributed by atoms with Crippen molar-refractivity contribution in [3.8, 4) is 16.9 Å². The lowest BCUT2D eigenvalue weighted by Crippen LogP contribution is -2.10. The normalized spacial score (nSPS) is 12.8. The number of hydrogen-bond acceptors (Lipinski definition) is 5. The van der Waals surface area contributed by atoms with Crippen LogP contribution in [-0.4, -0.2) is 26.0 Å². The number of anilines is 1. The number of rotatable bonds is 5. The largest absolute Gasteiger partial charge is 0.493 e. The van der Waals surface area contributed by atoms with Crippen molar-refractivity contribution in [2.45, 2.75) is 32.9 Å². The molecule has 4 rings (SSSR count). The third kappa shape index (κ3) is 4.02. The molecular formula is C23H20ClF4N5O. The molecule has 3 aromatic heterocycles. The van der Waals surface area contributed by atoms with E-state index in [0.717, 1.165) is 12.3 Å². The average Bonchev–Trinajstić information content (AvgIpc) is 3.13. The van der Waals surface area contributed by atoms with Gasteiger partial charge in [0.25, 0.3) is 0 Å². The van der Waals surface area contributed by atoms with Crippen molar-refractivity contribution in [2.75, 3.05) is 12.3 Å². The molecule has 1 aromatic carbocycles. The summed E-state index contributed by atoms with van der Waals surface area (Å²) in [7, 11) is 0. The summed E-state index contributed by atoms with van der Waals surface area (Å²) in [5.74, 6) is -0.161. The number of imidazole rings is 1. The van der Waals surface area contributed by atoms with E-state index in [2.05, 4.69) is 15.0 Å². The molecule has 34 heavy (non-hydrogen) atoms. The van der Waals surface area contributed by atoms with Gasteiger partial charge in [0.15, 0.2) is 11.0 Å². The van der Waals surface area contributed by atoms with Crippen molar-refractivity contribution < 1.29 is 22.3 Å². The molecule has 0 aliphatic heterocycles. The van der Waals surface area contributed by atoms with Gasteiger partial charge in [0.1, 0.15) is 28.6 Å². The summed E-state index contributed by atoms with van der Waals surface area (Å²) in [6, 6.07) is 3.62. The summed E-state index contributed by atoms with van der Waals surface area (Å²) in [4.78, 5) is 12.0. The SMILES string of the molecule is CCOc1c(C(C)c2nc(Cl)c3c(N)nccn23)cc(C)c(F)c1-c1ccc(C(F)(F)F)nc1. The van der Waals surface area contributed by atoms with Crippen LogP contribution >= 0.6 is 11.6 Å². The van der Waals surface area contributed by atoms with Crippen LogP contribution in [0.3, 0.4) is 0 Å². The Morgan fingerprint density at radius 1 is 1.24 bits per heavy atom. The van der Waals surface area contributed by atoms with Gasteiger partial charge in [0.2, 0.25) is 0 Å². The number of fused-ring (bicyclic) bond motifs is 1. The first-order valence-corrected chi connectivity index (χ1v) is 10.7. The van der Waals surface area contributed by atoms with Gasteiger partial charge in [0, 0.05) is 35.6 Å². The predicted octanol–water partition coefficient (Wildman–Crippen LogP) is 6.04. The summed E-state index contributed by atoms with van der Waals surface area (Å²) in [5.41, 5.74) is 6.37. The zero-order chi connectivity index (χ0) is 24.8. The second-order valence-corrected chi connectivity index (χ2v) is 8.04. The van der Waals surface area contributed by atoms with Gasteiger partial charge in [-0.05, 0) is 31.5 Å². The molecule has 0 saturated carbocycles. The number of alkyl halides is 3. The van der Waals surface area contributed by atoms with Crippen molar-refractivity contribution in [1.82, 2.24) is 19.4 Å². The monoisotopic (exact) mass is 493 g/mol. The number of ether oxygens (including phenoxy) is 1. The van der Waals surface area contributed by atoms with Gasteiger partial charge >= 0.3 is 6.18 Å². The summed E-state index contributed by atoms with van der Waals surface area (Å²) in [6.45, 7) is 5.34.